The molecule has 0 aliphatic heterocycles. The molecule has 1 N–H and O–H groups in total. The van der Waals surface area contributed by atoms with Gasteiger partial charge in [-0.25, -0.2) is 18.6 Å². The molecule has 8 heteroatoms. The summed E-state index contributed by atoms with van der Waals surface area (Å²) >= 11 is 0. The van der Waals surface area contributed by atoms with E-state index < -0.39 is 33.8 Å². The molecule has 0 unspecified atom stereocenters. The van der Waals surface area contributed by atoms with Gasteiger partial charge < -0.3 is 5.11 Å². The maximum absolute atomic E-state index is 13.5. The largest absolute Gasteiger partial charge is 0.478 e. The highest BCUT2D eigenvalue weighted by molar-refractivity contribution is 5.93. The van der Waals surface area contributed by atoms with E-state index in [0.29, 0.717) is 0 Å². The minimum Gasteiger partial charge on any atom is -0.478 e. The van der Waals surface area contributed by atoms with Gasteiger partial charge in [0, 0.05) is 11.6 Å². The fourth-order valence-electron chi connectivity index (χ4n) is 1.68. The molecule has 2 aromatic rings. The van der Waals surface area contributed by atoms with Crippen molar-refractivity contribution < 1.29 is 23.6 Å². The van der Waals surface area contributed by atoms with Crippen molar-refractivity contribution in [1.82, 2.24) is 4.98 Å². The third kappa shape index (κ3) is 3.29. The molecule has 6 nitrogen and oxygen atoms in total. The van der Waals surface area contributed by atoms with Crippen molar-refractivity contribution in [2.45, 2.75) is 0 Å². The predicted molar refractivity (Wildman–Crippen MR) is 73.1 cm³/mol. The highest BCUT2D eigenvalue weighted by Gasteiger charge is 2.16. The standard InChI is InChI=1S/C14H8F2N2O4/c15-9-2-3-12(16)8(5-9)1-4-13-11(14(19)20)6-10(7-17-13)18(21)22/h1-7H,(H,19,20)/b4-1+. The Balaban J connectivity index is 2.44. The quantitative estimate of drug-likeness (QED) is 0.692. The van der Waals surface area contributed by atoms with Crippen LogP contribution in [0.15, 0.2) is 30.5 Å². The van der Waals surface area contributed by atoms with E-state index in [1.165, 1.54) is 0 Å². The van der Waals surface area contributed by atoms with E-state index in [4.69, 9.17) is 5.11 Å². The highest BCUT2D eigenvalue weighted by atomic mass is 19.1. The molecular weight excluding hydrogens is 298 g/mol. The van der Waals surface area contributed by atoms with E-state index >= 15 is 0 Å². The van der Waals surface area contributed by atoms with Gasteiger partial charge in [-0.1, -0.05) is 0 Å². The van der Waals surface area contributed by atoms with Crippen molar-refractivity contribution in [2.24, 2.45) is 0 Å². The smallest absolute Gasteiger partial charge is 0.338 e. The molecule has 0 aliphatic carbocycles. The van der Waals surface area contributed by atoms with Crippen LogP contribution < -0.4 is 0 Å². The second kappa shape index (κ2) is 6.08. The number of hydrogen-bond donors (Lipinski definition) is 1. The van der Waals surface area contributed by atoms with Gasteiger partial charge >= 0.3 is 5.97 Å². The number of pyridine rings is 1. The molecule has 0 saturated heterocycles. The van der Waals surface area contributed by atoms with Crippen molar-refractivity contribution in [1.29, 1.82) is 0 Å². The zero-order valence-corrected chi connectivity index (χ0v) is 10.9. The number of carboxylic acid groups (broad SMARTS) is 1. The molecule has 22 heavy (non-hydrogen) atoms. The van der Waals surface area contributed by atoms with Gasteiger partial charge in [0.05, 0.1) is 16.2 Å². The number of carboxylic acids is 1. The molecule has 2 rings (SSSR count). The fraction of sp³-hybridized carbons (Fsp3) is 0. The second-order valence-electron chi connectivity index (χ2n) is 4.19. The Morgan fingerprint density at radius 1 is 1.27 bits per heavy atom. The molecule has 112 valence electrons. The lowest BCUT2D eigenvalue weighted by Gasteiger charge is -2.01. The van der Waals surface area contributed by atoms with Gasteiger partial charge in [-0.3, -0.25) is 10.1 Å². The molecule has 0 radical (unpaired) electrons. The van der Waals surface area contributed by atoms with Crippen LogP contribution in [0.1, 0.15) is 21.6 Å². The van der Waals surface area contributed by atoms with E-state index in [0.717, 1.165) is 42.6 Å². The van der Waals surface area contributed by atoms with E-state index in [1.807, 2.05) is 0 Å². The third-order valence-corrected chi connectivity index (χ3v) is 2.72. The number of benzene rings is 1. The first-order chi connectivity index (χ1) is 10.4. The monoisotopic (exact) mass is 306 g/mol. The number of aromatic nitrogens is 1. The summed E-state index contributed by atoms with van der Waals surface area (Å²) in [5, 5.41) is 19.6. The lowest BCUT2D eigenvalue weighted by Crippen LogP contribution is -2.03. The van der Waals surface area contributed by atoms with Crippen LogP contribution in [0.4, 0.5) is 14.5 Å². The Morgan fingerprint density at radius 2 is 2.00 bits per heavy atom. The SMILES string of the molecule is O=C(O)c1cc([N+](=O)[O-])cnc1/C=C/c1cc(F)ccc1F. The third-order valence-electron chi connectivity index (χ3n) is 2.72. The van der Waals surface area contributed by atoms with Crippen LogP contribution in [-0.2, 0) is 0 Å². The summed E-state index contributed by atoms with van der Waals surface area (Å²) < 4.78 is 26.5. The minimum absolute atomic E-state index is 0.100. The van der Waals surface area contributed by atoms with E-state index in [2.05, 4.69) is 4.98 Å². The topological polar surface area (TPSA) is 93.3 Å². The van der Waals surface area contributed by atoms with Crippen LogP contribution >= 0.6 is 0 Å². The Morgan fingerprint density at radius 3 is 2.64 bits per heavy atom. The first kappa shape index (κ1) is 15.2. The lowest BCUT2D eigenvalue weighted by molar-refractivity contribution is -0.385. The van der Waals surface area contributed by atoms with Gasteiger partial charge in [-0.05, 0) is 30.4 Å². The van der Waals surface area contributed by atoms with Gasteiger partial charge in [0.25, 0.3) is 5.69 Å². The van der Waals surface area contributed by atoms with Crippen molar-refractivity contribution >= 4 is 23.8 Å². The molecule has 1 heterocycles. The van der Waals surface area contributed by atoms with E-state index in [9.17, 15) is 23.7 Å². The first-order valence-corrected chi connectivity index (χ1v) is 5.89. The summed E-state index contributed by atoms with van der Waals surface area (Å²) in [6.45, 7) is 0. The van der Waals surface area contributed by atoms with Crippen molar-refractivity contribution in [3.8, 4) is 0 Å². The summed E-state index contributed by atoms with van der Waals surface area (Å²) in [7, 11) is 0. The van der Waals surface area contributed by atoms with Crippen molar-refractivity contribution in [2.75, 3.05) is 0 Å². The molecular formula is C14H8F2N2O4. The Hall–Kier alpha value is -3.16. The van der Waals surface area contributed by atoms with Crippen LogP contribution in [0, 0.1) is 21.7 Å². The van der Waals surface area contributed by atoms with Gasteiger partial charge in [0.15, 0.2) is 0 Å². The molecule has 0 atom stereocenters. The van der Waals surface area contributed by atoms with Gasteiger partial charge in [0.1, 0.15) is 17.8 Å². The van der Waals surface area contributed by atoms with Crippen molar-refractivity contribution in [3.05, 3.63) is 69.0 Å². The van der Waals surface area contributed by atoms with Gasteiger partial charge in [0.2, 0.25) is 0 Å². The average molecular weight is 306 g/mol. The minimum atomic E-state index is -1.42. The highest BCUT2D eigenvalue weighted by Crippen LogP contribution is 2.19. The number of carbonyl (C=O) groups is 1. The fourth-order valence-corrected chi connectivity index (χ4v) is 1.68. The predicted octanol–water partition coefficient (Wildman–Crippen LogP) is 3.14. The number of nitrogens with zero attached hydrogens (tertiary/aromatic N) is 2. The number of hydrogen-bond acceptors (Lipinski definition) is 4. The molecule has 0 spiro atoms. The van der Waals surface area contributed by atoms with Crippen LogP contribution in [-0.4, -0.2) is 21.0 Å². The van der Waals surface area contributed by atoms with Crippen LogP contribution in [0.5, 0.6) is 0 Å². The first-order valence-electron chi connectivity index (χ1n) is 5.89. The maximum Gasteiger partial charge on any atom is 0.338 e. The summed E-state index contributed by atoms with van der Waals surface area (Å²) in [6, 6.07) is 3.64. The van der Waals surface area contributed by atoms with E-state index in [-0.39, 0.29) is 11.3 Å². The van der Waals surface area contributed by atoms with Crippen molar-refractivity contribution in [3.63, 3.8) is 0 Å². The summed E-state index contributed by atoms with van der Waals surface area (Å²) in [6.07, 6.45) is 3.16. The normalized spacial score (nSPS) is 10.8. The maximum atomic E-state index is 13.5. The molecule has 0 bridgehead atoms. The number of aromatic carboxylic acids is 1. The van der Waals surface area contributed by atoms with Crippen LogP contribution in [0.2, 0.25) is 0 Å². The summed E-state index contributed by atoms with van der Waals surface area (Å²) in [5.41, 5.74) is -1.10. The van der Waals surface area contributed by atoms with Crippen LogP contribution in [0.25, 0.3) is 12.2 Å². The molecule has 1 aromatic carbocycles. The number of nitro groups is 1. The molecule has 0 aliphatic rings. The van der Waals surface area contributed by atoms with Gasteiger partial charge in [-0.15, -0.1) is 0 Å². The Bertz CT molecular complexity index is 790. The second-order valence-corrected chi connectivity index (χ2v) is 4.19. The molecule has 1 aromatic heterocycles. The molecule has 0 fully saturated rings. The summed E-state index contributed by atoms with van der Waals surface area (Å²) in [4.78, 5) is 24.6. The zero-order chi connectivity index (χ0) is 16.3. The average Bonchev–Trinajstić information content (AvgIpc) is 2.47. The molecule has 0 saturated carbocycles. The molecule has 0 amide bonds. The van der Waals surface area contributed by atoms with Crippen LogP contribution in [0.3, 0.4) is 0 Å². The number of rotatable bonds is 4. The number of halogens is 2. The zero-order valence-electron chi connectivity index (χ0n) is 10.9. The Labute approximate surface area is 122 Å². The van der Waals surface area contributed by atoms with Gasteiger partial charge in [-0.2, -0.15) is 0 Å². The lowest BCUT2D eigenvalue weighted by atomic mass is 10.1. The van der Waals surface area contributed by atoms with E-state index in [1.54, 1.807) is 0 Å². The summed E-state index contributed by atoms with van der Waals surface area (Å²) in [5.74, 6) is -2.77. The Kier molecular flexibility index (Phi) is 4.21.